The summed E-state index contributed by atoms with van der Waals surface area (Å²) in [5.74, 6) is -0.737. The summed E-state index contributed by atoms with van der Waals surface area (Å²) in [7, 11) is 3.77. The van der Waals surface area contributed by atoms with Crippen molar-refractivity contribution in [2.24, 2.45) is 0 Å². The molecule has 0 aliphatic carbocycles. The first-order valence-corrected chi connectivity index (χ1v) is 7.18. The third kappa shape index (κ3) is 6.89. The second kappa shape index (κ2) is 10.2. The van der Waals surface area contributed by atoms with Crippen LogP contribution < -0.4 is 5.32 Å². The van der Waals surface area contributed by atoms with Crippen molar-refractivity contribution in [1.29, 1.82) is 0 Å². The van der Waals surface area contributed by atoms with E-state index in [1.54, 1.807) is 7.11 Å². The minimum atomic E-state index is -0.762. The van der Waals surface area contributed by atoms with Gasteiger partial charge in [0, 0.05) is 20.3 Å². The van der Waals surface area contributed by atoms with Crippen LogP contribution in [0, 0.1) is 0 Å². The molecule has 114 valence electrons. The van der Waals surface area contributed by atoms with E-state index in [1.807, 2.05) is 13.8 Å². The topological polar surface area (TPSA) is 61.8 Å². The van der Waals surface area contributed by atoms with Gasteiger partial charge in [0.05, 0.1) is 0 Å². The first-order valence-electron chi connectivity index (χ1n) is 7.18. The predicted octanol–water partition coefficient (Wildman–Crippen LogP) is 1.58. The number of carboxylic acids is 1. The number of methoxy groups -OCH3 is 1. The van der Waals surface area contributed by atoms with Crippen LogP contribution in [0.15, 0.2) is 0 Å². The SMILES string of the molecule is CCNC(CC)(CCCN(C)CCCOC)C(=O)O. The van der Waals surface area contributed by atoms with Crippen LogP contribution in [0.3, 0.4) is 0 Å². The molecule has 0 bridgehead atoms. The van der Waals surface area contributed by atoms with Crippen molar-refractivity contribution < 1.29 is 14.6 Å². The Balaban J connectivity index is 4.08. The molecule has 1 unspecified atom stereocenters. The minimum Gasteiger partial charge on any atom is -0.480 e. The molecule has 0 fully saturated rings. The Hall–Kier alpha value is -0.650. The number of aliphatic carboxylic acids is 1. The van der Waals surface area contributed by atoms with Crippen molar-refractivity contribution in [2.45, 2.75) is 45.1 Å². The maximum atomic E-state index is 11.4. The van der Waals surface area contributed by atoms with Gasteiger partial charge in [0.25, 0.3) is 0 Å². The van der Waals surface area contributed by atoms with Crippen LogP contribution in [0.1, 0.15) is 39.5 Å². The second-order valence-corrected chi connectivity index (χ2v) is 5.02. The lowest BCUT2D eigenvalue weighted by Crippen LogP contribution is -2.51. The Morgan fingerprint density at radius 2 is 1.95 bits per heavy atom. The van der Waals surface area contributed by atoms with Crippen molar-refractivity contribution in [3.8, 4) is 0 Å². The number of carboxylic acid groups (broad SMARTS) is 1. The van der Waals surface area contributed by atoms with Crippen LogP contribution >= 0.6 is 0 Å². The highest BCUT2D eigenvalue weighted by Crippen LogP contribution is 2.18. The normalized spacial score (nSPS) is 14.6. The van der Waals surface area contributed by atoms with Gasteiger partial charge in [-0.05, 0) is 45.8 Å². The Labute approximate surface area is 117 Å². The number of rotatable bonds is 12. The lowest BCUT2D eigenvalue weighted by molar-refractivity contribution is -0.145. The first kappa shape index (κ1) is 18.4. The molecule has 19 heavy (non-hydrogen) atoms. The van der Waals surface area contributed by atoms with E-state index in [-0.39, 0.29) is 0 Å². The molecule has 0 saturated carbocycles. The first-order chi connectivity index (χ1) is 9.02. The van der Waals surface area contributed by atoms with Gasteiger partial charge in [-0.15, -0.1) is 0 Å². The molecule has 0 aromatic carbocycles. The molecule has 0 aliphatic heterocycles. The highest BCUT2D eigenvalue weighted by Gasteiger charge is 2.34. The molecule has 0 aliphatic rings. The molecule has 5 nitrogen and oxygen atoms in total. The van der Waals surface area contributed by atoms with Gasteiger partial charge in [-0.25, -0.2) is 0 Å². The fourth-order valence-corrected chi connectivity index (χ4v) is 2.30. The molecule has 5 heteroatoms. The summed E-state index contributed by atoms with van der Waals surface area (Å²) < 4.78 is 5.02. The van der Waals surface area contributed by atoms with E-state index in [2.05, 4.69) is 17.3 Å². The fourth-order valence-electron chi connectivity index (χ4n) is 2.30. The van der Waals surface area contributed by atoms with E-state index in [0.717, 1.165) is 32.5 Å². The Morgan fingerprint density at radius 3 is 2.42 bits per heavy atom. The zero-order valence-corrected chi connectivity index (χ0v) is 12.9. The van der Waals surface area contributed by atoms with Gasteiger partial charge in [-0.2, -0.15) is 0 Å². The van der Waals surface area contributed by atoms with Crippen LogP contribution in [0.4, 0.5) is 0 Å². The number of hydrogen-bond donors (Lipinski definition) is 2. The van der Waals surface area contributed by atoms with Crippen LogP contribution in [0.2, 0.25) is 0 Å². The largest absolute Gasteiger partial charge is 0.480 e. The molecule has 0 aromatic heterocycles. The van der Waals surface area contributed by atoms with E-state index in [0.29, 0.717) is 19.4 Å². The van der Waals surface area contributed by atoms with Gasteiger partial charge in [0.15, 0.2) is 0 Å². The molecule has 0 saturated heterocycles. The third-order valence-corrected chi connectivity index (χ3v) is 3.56. The lowest BCUT2D eigenvalue weighted by atomic mass is 9.90. The van der Waals surface area contributed by atoms with E-state index in [9.17, 15) is 9.90 Å². The minimum absolute atomic E-state index is 0.615. The van der Waals surface area contributed by atoms with Gasteiger partial charge >= 0.3 is 5.97 Å². The Bertz CT molecular complexity index is 249. The van der Waals surface area contributed by atoms with Crippen molar-refractivity contribution in [3.63, 3.8) is 0 Å². The van der Waals surface area contributed by atoms with E-state index in [4.69, 9.17) is 4.74 Å². The van der Waals surface area contributed by atoms with Crippen molar-refractivity contribution in [2.75, 3.05) is 40.4 Å². The highest BCUT2D eigenvalue weighted by molar-refractivity contribution is 5.78. The molecule has 0 radical (unpaired) electrons. The van der Waals surface area contributed by atoms with Crippen LogP contribution in [0.5, 0.6) is 0 Å². The summed E-state index contributed by atoms with van der Waals surface area (Å²) in [5, 5.41) is 12.5. The molecular formula is C14H30N2O3. The zero-order chi connectivity index (χ0) is 14.7. The molecule has 0 aromatic rings. The summed E-state index contributed by atoms with van der Waals surface area (Å²) in [6, 6.07) is 0. The smallest absolute Gasteiger partial charge is 0.323 e. The van der Waals surface area contributed by atoms with Crippen molar-refractivity contribution >= 4 is 5.97 Å². The molecule has 0 rings (SSSR count). The fraction of sp³-hybridized carbons (Fsp3) is 0.929. The van der Waals surface area contributed by atoms with E-state index in [1.165, 1.54) is 0 Å². The number of ether oxygens (including phenoxy) is 1. The summed E-state index contributed by atoms with van der Waals surface area (Å²) in [6.07, 6.45) is 3.18. The van der Waals surface area contributed by atoms with E-state index >= 15 is 0 Å². The predicted molar refractivity (Wildman–Crippen MR) is 77.6 cm³/mol. The number of nitrogens with zero attached hydrogens (tertiary/aromatic N) is 1. The summed E-state index contributed by atoms with van der Waals surface area (Å²) in [4.78, 5) is 13.7. The Kier molecular flexibility index (Phi) is 9.83. The second-order valence-electron chi connectivity index (χ2n) is 5.02. The van der Waals surface area contributed by atoms with Gasteiger partial charge in [-0.1, -0.05) is 13.8 Å². The number of likely N-dealkylation sites (N-methyl/N-ethyl adjacent to an activating group) is 1. The monoisotopic (exact) mass is 274 g/mol. The van der Waals surface area contributed by atoms with Crippen molar-refractivity contribution in [1.82, 2.24) is 10.2 Å². The average molecular weight is 274 g/mol. The van der Waals surface area contributed by atoms with Crippen LogP contribution in [-0.4, -0.2) is 61.9 Å². The highest BCUT2D eigenvalue weighted by atomic mass is 16.5. The van der Waals surface area contributed by atoms with Crippen LogP contribution in [-0.2, 0) is 9.53 Å². The van der Waals surface area contributed by atoms with Gasteiger partial charge in [-0.3, -0.25) is 4.79 Å². The molecule has 1 atom stereocenters. The molecule has 2 N–H and O–H groups in total. The maximum Gasteiger partial charge on any atom is 0.323 e. The summed E-state index contributed by atoms with van der Waals surface area (Å²) >= 11 is 0. The third-order valence-electron chi connectivity index (χ3n) is 3.56. The zero-order valence-electron chi connectivity index (χ0n) is 12.9. The number of carbonyl (C=O) groups is 1. The van der Waals surface area contributed by atoms with Gasteiger partial charge in [0.1, 0.15) is 5.54 Å². The maximum absolute atomic E-state index is 11.4. The molecule has 0 spiro atoms. The molecule has 0 amide bonds. The van der Waals surface area contributed by atoms with Gasteiger partial charge < -0.3 is 20.1 Å². The number of nitrogens with one attached hydrogen (secondary N) is 1. The quantitative estimate of drug-likeness (QED) is 0.529. The van der Waals surface area contributed by atoms with Crippen LogP contribution in [0.25, 0.3) is 0 Å². The van der Waals surface area contributed by atoms with E-state index < -0.39 is 11.5 Å². The van der Waals surface area contributed by atoms with Gasteiger partial charge in [0.2, 0.25) is 0 Å². The summed E-state index contributed by atoms with van der Waals surface area (Å²) in [6.45, 7) is 7.24. The average Bonchev–Trinajstić information content (AvgIpc) is 2.37. The molecular weight excluding hydrogens is 244 g/mol. The van der Waals surface area contributed by atoms with Crippen molar-refractivity contribution in [3.05, 3.63) is 0 Å². The molecule has 0 heterocycles. The number of hydrogen-bond acceptors (Lipinski definition) is 4. The Morgan fingerprint density at radius 1 is 1.32 bits per heavy atom. The summed E-state index contributed by atoms with van der Waals surface area (Å²) in [5.41, 5.74) is -0.762. The standard InChI is InChI=1S/C14H30N2O3/c1-5-14(13(17)18,15-6-2)9-7-10-16(3)11-8-12-19-4/h15H,5-12H2,1-4H3,(H,17,18). The lowest BCUT2D eigenvalue weighted by Gasteiger charge is -2.30.